The number of aromatic hydroxyl groups is 1. The molecule has 0 unspecified atom stereocenters. The summed E-state index contributed by atoms with van der Waals surface area (Å²) in [5.74, 6) is 1.33. The molecule has 0 amide bonds. The van der Waals surface area contributed by atoms with Crippen LogP contribution in [0.2, 0.25) is 0 Å². The molecule has 0 atom stereocenters. The summed E-state index contributed by atoms with van der Waals surface area (Å²) in [6.07, 6.45) is 29.8. The number of nitrogens with zero attached hydrogens (tertiary/aromatic N) is 2. The molecular formula is C33H53N3O2. The van der Waals surface area contributed by atoms with Crippen LogP contribution in [-0.2, 0) is 6.42 Å². The number of aromatic nitrogens is 3. The predicted molar refractivity (Wildman–Crippen MR) is 156 cm³/mol. The highest BCUT2D eigenvalue weighted by atomic mass is 16.3. The van der Waals surface area contributed by atoms with Crippen LogP contribution in [0.5, 0.6) is 5.88 Å². The predicted octanol–water partition coefficient (Wildman–Crippen LogP) is 9.07. The Balaban J connectivity index is 1.54. The largest absolute Gasteiger partial charge is 0.494 e. The maximum Gasteiger partial charge on any atom is 0.281 e. The number of nitrogens with one attached hydrogen (secondary N) is 1. The lowest BCUT2D eigenvalue weighted by atomic mass is 9.84. The number of fused-ring (bicyclic) bond motifs is 1. The van der Waals surface area contributed by atoms with Crippen LogP contribution in [0, 0.1) is 5.92 Å². The molecule has 5 heteroatoms. The van der Waals surface area contributed by atoms with Gasteiger partial charge in [0.1, 0.15) is 5.65 Å². The van der Waals surface area contributed by atoms with Crippen molar-refractivity contribution < 1.29 is 5.11 Å². The van der Waals surface area contributed by atoms with Crippen LogP contribution in [0.25, 0.3) is 5.65 Å². The van der Waals surface area contributed by atoms with Gasteiger partial charge in [-0.05, 0) is 43.9 Å². The number of rotatable bonds is 4. The van der Waals surface area contributed by atoms with Gasteiger partial charge in [-0.2, -0.15) is 9.61 Å². The standard InChI is InChI=1S/C33H53N3O2/c37-32-29(26-20-14-8-1-2-9-15-21-26)33(38)36-31(34-32)28(24-25-18-12-6-5-7-13-19-25)30(35-36)27-22-16-10-3-4-11-17-23-27/h25-27,34,37H,1-24H2. The van der Waals surface area contributed by atoms with Gasteiger partial charge < -0.3 is 10.1 Å². The second kappa shape index (κ2) is 14.0. The summed E-state index contributed by atoms with van der Waals surface area (Å²) in [4.78, 5) is 17.5. The van der Waals surface area contributed by atoms with Gasteiger partial charge in [0.25, 0.3) is 5.56 Å². The third-order valence-electron chi connectivity index (χ3n) is 10.2. The van der Waals surface area contributed by atoms with Crippen molar-refractivity contribution >= 4 is 5.65 Å². The topological polar surface area (TPSA) is 70.4 Å². The Hall–Kier alpha value is -1.78. The van der Waals surface area contributed by atoms with Crippen LogP contribution in [-0.4, -0.2) is 19.7 Å². The average molecular weight is 524 g/mol. The lowest BCUT2D eigenvalue weighted by Gasteiger charge is -2.21. The molecule has 212 valence electrons. The first-order valence-electron chi connectivity index (χ1n) is 16.6. The summed E-state index contributed by atoms with van der Waals surface area (Å²) >= 11 is 0. The van der Waals surface area contributed by atoms with E-state index in [0.29, 0.717) is 17.4 Å². The first-order valence-corrected chi connectivity index (χ1v) is 16.6. The van der Waals surface area contributed by atoms with Crippen molar-refractivity contribution in [2.45, 2.75) is 166 Å². The minimum Gasteiger partial charge on any atom is -0.494 e. The van der Waals surface area contributed by atoms with Gasteiger partial charge in [-0.1, -0.05) is 122 Å². The van der Waals surface area contributed by atoms with Gasteiger partial charge in [-0.25, -0.2) is 0 Å². The van der Waals surface area contributed by atoms with Crippen molar-refractivity contribution in [3.05, 3.63) is 27.2 Å². The van der Waals surface area contributed by atoms with Crippen LogP contribution in [0.4, 0.5) is 0 Å². The zero-order chi connectivity index (χ0) is 26.2. The molecule has 0 aromatic carbocycles. The molecule has 5 nitrogen and oxygen atoms in total. The molecule has 2 aromatic rings. The summed E-state index contributed by atoms with van der Waals surface area (Å²) in [7, 11) is 0. The van der Waals surface area contributed by atoms with Crippen LogP contribution >= 0.6 is 0 Å². The second-order valence-electron chi connectivity index (χ2n) is 13.0. The molecule has 0 aliphatic heterocycles. The van der Waals surface area contributed by atoms with Gasteiger partial charge in [-0.3, -0.25) is 4.79 Å². The zero-order valence-corrected chi connectivity index (χ0v) is 24.0. The first kappa shape index (κ1) is 27.8. The van der Waals surface area contributed by atoms with Gasteiger partial charge >= 0.3 is 0 Å². The molecular weight excluding hydrogens is 470 g/mol. The lowest BCUT2D eigenvalue weighted by Crippen LogP contribution is -2.23. The number of hydrogen-bond donors (Lipinski definition) is 2. The van der Waals surface area contributed by atoms with Gasteiger partial charge in [0.05, 0.1) is 11.3 Å². The minimum atomic E-state index is -0.0614. The maximum atomic E-state index is 14.1. The highest BCUT2D eigenvalue weighted by Gasteiger charge is 2.29. The SMILES string of the molecule is O=c1c(C2CCCCCCCC2)c(O)[nH]c2c(CC3CCCCCCC3)c(C3CCCCCCCC3)nn12. The monoisotopic (exact) mass is 523 g/mol. The van der Waals surface area contributed by atoms with Crippen LogP contribution in [0.1, 0.15) is 176 Å². The Labute approximate surface area is 230 Å². The second-order valence-corrected chi connectivity index (χ2v) is 13.0. The molecule has 0 bridgehead atoms. The van der Waals surface area contributed by atoms with Crippen molar-refractivity contribution in [3.8, 4) is 5.88 Å². The van der Waals surface area contributed by atoms with E-state index in [1.165, 1.54) is 133 Å². The molecule has 5 rings (SSSR count). The van der Waals surface area contributed by atoms with Crippen LogP contribution < -0.4 is 5.56 Å². The Morgan fingerprint density at radius 2 is 1.11 bits per heavy atom. The molecule has 38 heavy (non-hydrogen) atoms. The van der Waals surface area contributed by atoms with Crippen molar-refractivity contribution in [1.29, 1.82) is 0 Å². The van der Waals surface area contributed by atoms with Gasteiger partial charge in [-0.15, -0.1) is 0 Å². The Kier molecular flexibility index (Phi) is 10.3. The van der Waals surface area contributed by atoms with Crippen LogP contribution in [0.3, 0.4) is 0 Å². The molecule has 0 saturated heterocycles. The van der Waals surface area contributed by atoms with Crippen LogP contribution in [0.15, 0.2) is 4.79 Å². The number of aromatic amines is 1. The van der Waals surface area contributed by atoms with E-state index in [2.05, 4.69) is 4.98 Å². The van der Waals surface area contributed by atoms with Gasteiger partial charge in [0.2, 0.25) is 0 Å². The van der Waals surface area contributed by atoms with E-state index in [9.17, 15) is 9.90 Å². The average Bonchev–Trinajstić information content (AvgIpc) is 3.35. The van der Waals surface area contributed by atoms with E-state index >= 15 is 0 Å². The lowest BCUT2D eigenvalue weighted by molar-refractivity contribution is 0.375. The molecule has 0 spiro atoms. The molecule has 3 aliphatic carbocycles. The van der Waals surface area contributed by atoms with Crippen molar-refractivity contribution in [1.82, 2.24) is 14.6 Å². The molecule has 2 N–H and O–H groups in total. The zero-order valence-electron chi connectivity index (χ0n) is 24.0. The smallest absolute Gasteiger partial charge is 0.281 e. The van der Waals surface area contributed by atoms with E-state index in [1.807, 2.05) is 0 Å². The molecule has 3 saturated carbocycles. The number of H-pyrrole nitrogens is 1. The van der Waals surface area contributed by atoms with Crippen molar-refractivity contribution in [2.75, 3.05) is 0 Å². The Morgan fingerprint density at radius 3 is 1.63 bits per heavy atom. The maximum absolute atomic E-state index is 14.1. The molecule has 2 aromatic heterocycles. The highest BCUT2D eigenvalue weighted by molar-refractivity contribution is 5.54. The quantitative estimate of drug-likeness (QED) is 0.420. The van der Waals surface area contributed by atoms with Crippen molar-refractivity contribution in [2.24, 2.45) is 5.92 Å². The highest BCUT2D eigenvalue weighted by Crippen LogP contribution is 2.37. The Bertz CT molecular complexity index is 1040. The summed E-state index contributed by atoms with van der Waals surface area (Å²) < 4.78 is 1.70. The molecule has 3 aliphatic rings. The van der Waals surface area contributed by atoms with Gasteiger partial charge in [0.15, 0.2) is 5.88 Å². The third-order valence-corrected chi connectivity index (χ3v) is 10.2. The van der Waals surface area contributed by atoms with E-state index in [4.69, 9.17) is 5.10 Å². The fourth-order valence-corrected chi connectivity index (χ4v) is 7.90. The Morgan fingerprint density at radius 1 is 0.658 bits per heavy atom. The first-order chi connectivity index (χ1) is 18.7. The normalized spacial score (nSPS) is 22.9. The number of hydrogen-bond acceptors (Lipinski definition) is 3. The van der Waals surface area contributed by atoms with E-state index in [0.717, 1.165) is 37.8 Å². The minimum absolute atomic E-state index is 0.0614. The molecule has 2 heterocycles. The molecule has 0 radical (unpaired) electrons. The summed E-state index contributed by atoms with van der Waals surface area (Å²) in [5.41, 5.74) is 3.74. The van der Waals surface area contributed by atoms with E-state index < -0.39 is 0 Å². The van der Waals surface area contributed by atoms with E-state index in [-0.39, 0.29) is 17.4 Å². The van der Waals surface area contributed by atoms with E-state index in [1.54, 1.807) is 4.52 Å². The fraction of sp³-hybridized carbons (Fsp3) is 0.818. The van der Waals surface area contributed by atoms with Gasteiger partial charge in [0, 0.05) is 11.5 Å². The van der Waals surface area contributed by atoms with Crippen molar-refractivity contribution in [3.63, 3.8) is 0 Å². The summed E-state index contributed by atoms with van der Waals surface area (Å²) in [6.45, 7) is 0. The third kappa shape index (κ3) is 6.86. The summed E-state index contributed by atoms with van der Waals surface area (Å²) in [6, 6.07) is 0. The fourth-order valence-electron chi connectivity index (χ4n) is 7.90. The summed E-state index contributed by atoms with van der Waals surface area (Å²) in [5, 5.41) is 16.5. The molecule has 3 fully saturated rings.